The Morgan fingerprint density at radius 2 is 1.90 bits per heavy atom. The van der Waals surface area contributed by atoms with Crippen LogP contribution in [0.5, 0.6) is 5.75 Å². The first-order valence-electron chi connectivity index (χ1n) is 5.61. The highest BCUT2D eigenvalue weighted by Crippen LogP contribution is 2.28. The number of rotatable bonds is 3. The van der Waals surface area contributed by atoms with Gasteiger partial charge in [0.05, 0.1) is 17.1 Å². The number of carbonyl (C=O) groups is 1. The number of methoxy groups -OCH3 is 1. The van der Waals surface area contributed by atoms with Gasteiger partial charge < -0.3 is 10.1 Å². The zero-order chi connectivity index (χ0) is 14.7. The van der Waals surface area contributed by atoms with Crippen LogP contribution in [0.15, 0.2) is 45.3 Å². The summed E-state index contributed by atoms with van der Waals surface area (Å²) in [6, 6.07) is 10.3. The van der Waals surface area contributed by atoms with Gasteiger partial charge in [-0.1, -0.05) is 11.6 Å². The lowest BCUT2D eigenvalue weighted by Crippen LogP contribution is -2.12. The molecule has 20 heavy (non-hydrogen) atoms. The van der Waals surface area contributed by atoms with Crippen molar-refractivity contribution in [1.29, 1.82) is 0 Å². The fraction of sp³-hybridized carbons (Fsp3) is 0.0714. The maximum absolute atomic E-state index is 12.2. The fourth-order valence-electron chi connectivity index (χ4n) is 1.62. The molecule has 3 nitrogen and oxygen atoms in total. The number of anilines is 1. The van der Waals surface area contributed by atoms with Gasteiger partial charge in [0.15, 0.2) is 0 Å². The molecule has 1 amide bonds. The van der Waals surface area contributed by atoms with Crippen LogP contribution in [0.2, 0.25) is 5.02 Å². The predicted molar refractivity (Wildman–Crippen MR) is 87.8 cm³/mol. The Kier molecular flexibility index (Phi) is 5.07. The van der Waals surface area contributed by atoms with Gasteiger partial charge in [0.1, 0.15) is 5.75 Å². The van der Waals surface area contributed by atoms with E-state index in [-0.39, 0.29) is 5.91 Å². The molecule has 2 aromatic carbocycles. The first kappa shape index (κ1) is 15.4. The van der Waals surface area contributed by atoms with Crippen molar-refractivity contribution in [2.45, 2.75) is 0 Å². The summed E-state index contributed by atoms with van der Waals surface area (Å²) >= 11 is 12.6. The summed E-state index contributed by atoms with van der Waals surface area (Å²) in [4.78, 5) is 12.2. The van der Waals surface area contributed by atoms with Gasteiger partial charge in [0.2, 0.25) is 0 Å². The summed E-state index contributed by atoms with van der Waals surface area (Å²) in [7, 11) is 1.59. The van der Waals surface area contributed by atoms with E-state index in [0.29, 0.717) is 26.5 Å². The molecule has 2 aromatic rings. The number of halogens is 3. The lowest BCUT2D eigenvalue weighted by molar-refractivity contribution is 0.102. The Labute approximate surface area is 138 Å². The summed E-state index contributed by atoms with van der Waals surface area (Å²) < 4.78 is 6.56. The highest BCUT2D eigenvalue weighted by atomic mass is 79.9. The highest BCUT2D eigenvalue weighted by Gasteiger charge is 2.11. The van der Waals surface area contributed by atoms with E-state index in [1.54, 1.807) is 43.5 Å². The normalized spacial score (nSPS) is 10.2. The van der Waals surface area contributed by atoms with Crippen LogP contribution in [0.3, 0.4) is 0 Å². The summed E-state index contributed by atoms with van der Waals surface area (Å²) in [5.41, 5.74) is 1.19. The summed E-state index contributed by atoms with van der Waals surface area (Å²) in [6.07, 6.45) is 0. The van der Waals surface area contributed by atoms with Crippen molar-refractivity contribution < 1.29 is 9.53 Å². The molecule has 0 aliphatic carbocycles. The second-order valence-electron chi connectivity index (χ2n) is 3.93. The van der Waals surface area contributed by atoms with Crippen LogP contribution >= 0.6 is 43.5 Å². The quantitative estimate of drug-likeness (QED) is 0.749. The molecule has 0 aliphatic heterocycles. The third-order valence-electron chi connectivity index (χ3n) is 2.59. The molecule has 0 saturated carbocycles. The number of hydrogen-bond acceptors (Lipinski definition) is 2. The second-order valence-corrected chi connectivity index (χ2v) is 6.07. The number of amides is 1. The first-order valence-corrected chi connectivity index (χ1v) is 7.57. The average Bonchev–Trinajstić information content (AvgIpc) is 2.38. The van der Waals surface area contributed by atoms with Crippen molar-refractivity contribution in [2.75, 3.05) is 12.4 Å². The topological polar surface area (TPSA) is 38.3 Å². The Hall–Kier alpha value is -1.04. The van der Waals surface area contributed by atoms with Gasteiger partial charge in [-0.15, -0.1) is 0 Å². The molecule has 0 aromatic heterocycles. The number of ether oxygens (including phenoxy) is 1. The minimum absolute atomic E-state index is 0.217. The van der Waals surface area contributed by atoms with Gasteiger partial charge in [0, 0.05) is 15.2 Å². The molecule has 2 rings (SSSR count). The van der Waals surface area contributed by atoms with E-state index in [4.69, 9.17) is 16.3 Å². The second kappa shape index (κ2) is 6.61. The molecule has 0 atom stereocenters. The standard InChI is InChI=1S/C14H10Br2ClNO2/c1-20-13-5-3-9(7-12(13)16)18-14(19)10-4-2-8(17)6-11(10)15/h2-7H,1H3,(H,18,19). The van der Waals surface area contributed by atoms with E-state index in [0.717, 1.165) is 4.47 Å². The van der Waals surface area contributed by atoms with Gasteiger partial charge >= 0.3 is 0 Å². The van der Waals surface area contributed by atoms with Gasteiger partial charge in [-0.25, -0.2) is 0 Å². The van der Waals surface area contributed by atoms with Crippen LogP contribution in [-0.4, -0.2) is 13.0 Å². The van der Waals surface area contributed by atoms with Crippen LogP contribution in [0.1, 0.15) is 10.4 Å². The first-order chi connectivity index (χ1) is 9.51. The van der Waals surface area contributed by atoms with Crippen LogP contribution < -0.4 is 10.1 Å². The molecule has 0 saturated heterocycles. The van der Waals surface area contributed by atoms with E-state index >= 15 is 0 Å². The number of hydrogen-bond donors (Lipinski definition) is 1. The Morgan fingerprint density at radius 3 is 2.50 bits per heavy atom. The molecule has 0 fully saturated rings. The minimum atomic E-state index is -0.217. The van der Waals surface area contributed by atoms with Crippen LogP contribution in [0.25, 0.3) is 0 Å². The Balaban J connectivity index is 2.21. The van der Waals surface area contributed by atoms with Crippen LogP contribution in [-0.2, 0) is 0 Å². The molecule has 0 unspecified atom stereocenters. The predicted octanol–water partition coefficient (Wildman–Crippen LogP) is 5.13. The van der Waals surface area contributed by atoms with Crippen molar-refractivity contribution in [1.82, 2.24) is 0 Å². The molecule has 104 valence electrons. The van der Waals surface area contributed by atoms with Gasteiger partial charge in [0.25, 0.3) is 5.91 Å². The van der Waals surface area contributed by atoms with E-state index in [1.807, 2.05) is 0 Å². The van der Waals surface area contributed by atoms with E-state index in [9.17, 15) is 4.79 Å². The third-order valence-corrected chi connectivity index (χ3v) is 4.10. The molecule has 0 bridgehead atoms. The smallest absolute Gasteiger partial charge is 0.256 e. The molecular weight excluding hydrogens is 409 g/mol. The van der Waals surface area contributed by atoms with E-state index in [1.165, 1.54) is 0 Å². The number of nitrogens with one attached hydrogen (secondary N) is 1. The average molecular weight is 420 g/mol. The monoisotopic (exact) mass is 417 g/mol. The molecule has 0 aliphatic rings. The van der Waals surface area contributed by atoms with E-state index < -0.39 is 0 Å². The van der Waals surface area contributed by atoms with Gasteiger partial charge in [-0.3, -0.25) is 4.79 Å². The Morgan fingerprint density at radius 1 is 1.15 bits per heavy atom. The van der Waals surface area contributed by atoms with Crippen molar-refractivity contribution in [3.8, 4) is 5.75 Å². The van der Waals surface area contributed by atoms with Crippen LogP contribution in [0, 0.1) is 0 Å². The molecule has 0 heterocycles. The number of carbonyl (C=O) groups excluding carboxylic acids is 1. The van der Waals surface area contributed by atoms with Crippen molar-refractivity contribution in [3.05, 3.63) is 55.9 Å². The SMILES string of the molecule is COc1ccc(NC(=O)c2ccc(Cl)cc2Br)cc1Br. The Bertz CT molecular complexity index is 662. The maximum atomic E-state index is 12.2. The molecule has 1 N–H and O–H groups in total. The lowest BCUT2D eigenvalue weighted by atomic mass is 10.2. The summed E-state index contributed by atoms with van der Waals surface area (Å²) in [6.45, 7) is 0. The molecular formula is C14H10Br2ClNO2. The zero-order valence-corrected chi connectivity index (χ0v) is 14.3. The molecule has 0 radical (unpaired) electrons. The van der Waals surface area contributed by atoms with Crippen molar-refractivity contribution in [3.63, 3.8) is 0 Å². The summed E-state index contributed by atoms with van der Waals surface area (Å²) in [5, 5.41) is 3.38. The highest BCUT2D eigenvalue weighted by molar-refractivity contribution is 9.10. The van der Waals surface area contributed by atoms with Crippen molar-refractivity contribution >= 4 is 55.1 Å². The third kappa shape index (κ3) is 3.53. The molecule has 0 spiro atoms. The lowest BCUT2D eigenvalue weighted by Gasteiger charge is -2.09. The minimum Gasteiger partial charge on any atom is -0.496 e. The van der Waals surface area contributed by atoms with Crippen LogP contribution in [0.4, 0.5) is 5.69 Å². The van der Waals surface area contributed by atoms with E-state index in [2.05, 4.69) is 37.2 Å². The van der Waals surface area contributed by atoms with Gasteiger partial charge in [-0.2, -0.15) is 0 Å². The summed E-state index contributed by atoms with van der Waals surface area (Å²) in [5.74, 6) is 0.487. The fourth-order valence-corrected chi connectivity index (χ4v) is 3.02. The maximum Gasteiger partial charge on any atom is 0.256 e. The number of benzene rings is 2. The molecule has 6 heteroatoms. The largest absolute Gasteiger partial charge is 0.496 e. The van der Waals surface area contributed by atoms with Gasteiger partial charge in [-0.05, 0) is 68.3 Å². The van der Waals surface area contributed by atoms with Crippen molar-refractivity contribution in [2.24, 2.45) is 0 Å². The zero-order valence-electron chi connectivity index (χ0n) is 10.4.